The Morgan fingerprint density at radius 2 is 2.00 bits per heavy atom. The van der Waals surface area contributed by atoms with Crippen molar-refractivity contribution in [2.75, 3.05) is 6.54 Å². The Kier molecular flexibility index (Phi) is 9.55. The molecular weight excluding hydrogens is 559 g/mol. The Bertz CT molecular complexity index is 1270. The van der Waals surface area contributed by atoms with Gasteiger partial charge in [0.15, 0.2) is 5.60 Å². The van der Waals surface area contributed by atoms with Gasteiger partial charge in [-0.05, 0) is 57.9 Å². The number of halogens is 2. The molecule has 1 aromatic heterocycles. The highest BCUT2D eigenvalue weighted by Gasteiger charge is 2.59. The van der Waals surface area contributed by atoms with Gasteiger partial charge in [-0.25, -0.2) is 9.78 Å². The Labute approximate surface area is 243 Å². The summed E-state index contributed by atoms with van der Waals surface area (Å²) in [5.74, 6) is -1.51. The number of allylic oxidation sites excluding steroid dienone is 2. The number of aromatic nitrogens is 1. The number of aryl methyl sites for hydroxylation is 1. The zero-order valence-electron chi connectivity index (χ0n) is 22.3. The Morgan fingerprint density at radius 1 is 1.26 bits per heavy atom. The van der Waals surface area contributed by atoms with Crippen LogP contribution in [0.3, 0.4) is 0 Å². The Hall–Kier alpha value is -2.23. The number of benzene rings is 1. The van der Waals surface area contributed by atoms with E-state index in [1.807, 2.05) is 45.1 Å². The molecule has 2 aromatic rings. The van der Waals surface area contributed by atoms with E-state index in [9.17, 15) is 14.7 Å². The molecule has 10 heteroatoms. The molecule has 0 radical (unpaired) electrons. The minimum atomic E-state index is -1.71. The van der Waals surface area contributed by atoms with E-state index in [-0.39, 0.29) is 30.9 Å². The van der Waals surface area contributed by atoms with Crippen LogP contribution in [0.1, 0.15) is 67.7 Å². The van der Waals surface area contributed by atoms with E-state index >= 15 is 0 Å². The van der Waals surface area contributed by atoms with Gasteiger partial charge in [-0.3, -0.25) is 4.79 Å². The number of hydrogen-bond donors (Lipinski definition) is 2. The highest BCUT2D eigenvalue weighted by atomic mass is 35.5. The lowest BCUT2D eigenvalue weighted by atomic mass is 9.75. The molecule has 2 atom stereocenters. The average Bonchev–Trinajstić information content (AvgIpc) is 3.52. The molecule has 2 aliphatic carbocycles. The lowest BCUT2D eigenvalue weighted by Crippen LogP contribution is -2.64. The summed E-state index contributed by atoms with van der Waals surface area (Å²) in [6.45, 7) is 5.49. The first-order valence-corrected chi connectivity index (χ1v) is 14.8. The van der Waals surface area contributed by atoms with Crippen molar-refractivity contribution in [2.24, 2.45) is 0 Å². The van der Waals surface area contributed by atoms with Crippen molar-refractivity contribution in [3.8, 4) is 10.6 Å². The van der Waals surface area contributed by atoms with E-state index in [2.05, 4.69) is 10.3 Å². The van der Waals surface area contributed by atoms with Crippen molar-refractivity contribution >= 4 is 46.4 Å². The molecule has 39 heavy (non-hydrogen) atoms. The number of carboxylic acids is 1. The number of ether oxygens (including phenoxy) is 2. The molecule has 1 aromatic carbocycles. The molecule has 0 aliphatic heterocycles. The Morgan fingerprint density at radius 3 is 2.62 bits per heavy atom. The number of thiazole rings is 1. The van der Waals surface area contributed by atoms with Crippen LogP contribution in [0.15, 0.2) is 42.5 Å². The van der Waals surface area contributed by atoms with Gasteiger partial charge in [0.05, 0.1) is 17.2 Å². The third-order valence-electron chi connectivity index (χ3n) is 7.11. The fourth-order valence-electron chi connectivity index (χ4n) is 5.32. The summed E-state index contributed by atoms with van der Waals surface area (Å²) in [4.78, 5) is 31.5. The van der Waals surface area contributed by atoms with Crippen LogP contribution < -0.4 is 5.32 Å². The predicted octanol–water partition coefficient (Wildman–Crippen LogP) is 7.01. The van der Waals surface area contributed by atoms with Gasteiger partial charge in [0, 0.05) is 34.8 Å². The first kappa shape index (κ1) is 29.7. The number of carbonyl (C=O) groups excluding carboxylic acids is 1. The zero-order valence-corrected chi connectivity index (χ0v) is 24.7. The lowest BCUT2D eigenvalue weighted by Gasteiger charge is -2.48. The van der Waals surface area contributed by atoms with Gasteiger partial charge in [-0.1, -0.05) is 54.3 Å². The number of amides is 1. The second kappa shape index (κ2) is 12.5. The molecule has 1 fully saturated rings. The highest BCUT2D eigenvalue weighted by Crippen LogP contribution is 2.43. The third-order valence-corrected chi connectivity index (χ3v) is 8.67. The maximum absolute atomic E-state index is 13.2. The molecule has 1 heterocycles. The molecule has 2 N–H and O–H groups in total. The molecule has 2 unspecified atom stereocenters. The van der Waals surface area contributed by atoms with Crippen molar-refractivity contribution < 1.29 is 24.2 Å². The van der Waals surface area contributed by atoms with E-state index in [0.29, 0.717) is 27.0 Å². The Balaban J connectivity index is 1.56. The van der Waals surface area contributed by atoms with E-state index in [1.165, 1.54) is 11.3 Å². The molecular formula is C29H34Cl2N2O5S. The maximum atomic E-state index is 13.2. The number of aliphatic carboxylic acids is 1. The van der Waals surface area contributed by atoms with Crippen molar-refractivity contribution in [1.82, 2.24) is 10.3 Å². The highest BCUT2D eigenvalue weighted by molar-refractivity contribution is 7.15. The zero-order chi connectivity index (χ0) is 28.2. The van der Waals surface area contributed by atoms with Gasteiger partial charge in [0.1, 0.15) is 16.3 Å². The summed E-state index contributed by atoms with van der Waals surface area (Å²) in [7, 11) is 0. The molecule has 0 spiro atoms. The predicted molar refractivity (Wildman–Crippen MR) is 155 cm³/mol. The van der Waals surface area contributed by atoms with Gasteiger partial charge in [0.2, 0.25) is 0 Å². The summed E-state index contributed by atoms with van der Waals surface area (Å²) in [5, 5.41) is 15.1. The molecule has 7 nitrogen and oxygen atoms in total. The van der Waals surface area contributed by atoms with Crippen molar-refractivity contribution in [1.29, 1.82) is 0 Å². The fourth-order valence-corrected chi connectivity index (χ4v) is 6.82. The van der Waals surface area contributed by atoms with Crippen LogP contribution in [-0.2, 0) is 14.3 Å². The molecule has 1 amide bonds. The lowest BCUT2D eigenvalue weighted by molar-refractivity contribution is -0.230. The number of carboxylic acid groups (broad SMARTS) is 1. The molecule has 0 bridgehead atoms. The SMILES string of the molecule is Cc1sc(-c2ccc(Cl)cc2Cl)nc1C(=O)NCCC(OC(C)C)(C(=O)O)C1(OC2CCCC2)C=CC=CC1. The minimum Gasteiger partial charge on any atom is -0.479 e. The number of hydrogen-bond acceptors (Lipinski definition) is 6. The number of carbonyl (C=O) groups is 2. The normalized spacial score (nSPS) is 20.9. The number of rotatable bonds is 11. The van der Waals surface area contributed by atoms with E-state index in [1.54, 1.807) is 18.2 Å². The summed E-state index contributed by atoms with van der Waals surface area (Å²) in [6, 6.07) is 5.12. The van der Waals surface area contributed by atoms with Crippen LogP contribution in [0.25, 0.3) is 10.6 Å². The van der Waals surface area contributed by atoms with Crippen molar-refractivity contribution in [3.05, 3.63) is 63.1 Å². The second-order valence-corrected chi connectivity index (χ2v) is 12.3. The summed E-state index contributed by atoms with van der Waals surface area (Å²) < 4.78 is 12.9. The van der Waals surface area contributed by atoms with Crippen molar-refractivity contribution in [3.63, 3.8) is 0 Å². The summed E-state index contributed by atoms with van der Waals surface area (Å²) in [6.07, 6.45) is 11.3. The van der Waals surface area contributed by atoms with Crippen LogP contribution >= 0.6 is 34.5 Å². The van der Waals surface area contributed by atoms with Crippen LogP contribution in [0.2, 0.25) is 10.0 Å². The van der Waals surface area contributed by atoms with Gasteiger partial charge >= 0.3 is 5.97 Å². The first-order valence-electron chi connectivity index (χ1n) is 13.2. The average molecular weight is 594 g/mol. The quantitative estimate of drug-likeness (QED) is 0.291. The van der Waals surface area contributed by atoms with Gasteiger partial charge in [0.25, 0.3) is 5.91 Å². The van der Waals surface area contributed by atoms with E-state index < -0.39 is 23.1 Å². The van der Waals surface area contributed by atoms with Gasteiger partial charge in [-0.2, -0.15) is 0 Å². The van der Waals surface area contributed by atoms with Crippen LogP contribution in [0, 0.1) is 6.92 Å². The van der Waals surface area contributed by atoms with Crippen molar-refractivity contribution in [2.45, 2.75) is 82.7 Å². The maximum Gasteiger partial charge on any atom is 0.339 e. The van der Waals surface area contributed by atoms with E-state index in [0.717, 1.165) is 30.6 Å². The van der Waals surface area contributed by atoms with Gasteiger partial charge < -0.3 is 19.9 Å². The fraction of sp³-hybridized carbons (Fsp3) is 0.483. The summed E-state index contributed by atoms with van der Waals surface area (Å²) >= 11 is 13.7. The van der Waals surface area contributed by atoms with Crippen LogP contribution in [0.4, 0.5) is 0 Å². The molecule has 1 saturated carbocycles. The first-order chi connectivity index (χ1) is 18.6. The third kappa shape index (κ3) is 6.41. The van der Waals surface area contributed by atoms with Crippen LogP contribution in [-0.4, -0.2) is 51.9 Å². The smallest absolute Gasteiger partial charge is 0.339 e. The standard InChI is InChI=1S/C29H34Cl2N2O5S/c1-18(2)37-29(27(35)36,28(13-7-4-8-14-28)38-21-9-5-6-10-21)15-16-32-25(34)24-19(3)39-26(33-24)22-12-11-20(30)17-23(22)31/h4,7-8,11-13,17-18,21H,5-6,9-10,14-16H2,1-3H3,(H,32,34)(H,35,36). The second-order valence-electron chi connectivity index (χ2n) is 10.3. The van der Waals surface area contributed by atoms with Crippen LogP contribution in [0.5, 0.6) is 0 Å². The largest absolute Gasteiger partial charge is 0.479 e. The van der Waals surface area contributed by atoms with Gasteiger partial charge in [-0.15, -0.1) is 11.3 Å². The number of nitrogens with one attached hydrogen (secondary N) is 1. The molecule has 210 valence electrons. The topological polar surface area (TPSA) is 97.8 Å². The monoisotopic (exact) mass is 592 g/mol. The minimum absolute atomic E-state index is 0.0101. The summed E-state index contributed by atoms with van der Waals surface area (Å²) in [5.41, 5.74) is -1.96. The molecule has 0 saturated heterocycles. The molecule has 2 aliphatic rings. The molecule has 4 rings (SSSR count). The van der Waals surface area contributed by atoms with E-state index in [4.69, 9.17) is 32.7 Å². The number of nitrogens with zero attached hydrogens (tertiary/aromatic N) is 1.